The van der Waals surface area contributed by atoms with Crippen molar-refractivity contribution in [1.82, 2.24) is 19.6 Å². The molecule has 2 saturated heterocycles. The topological polar surface area (TPSA) is 58.4 Å². The molecular weight excluding hydrogens is 408 g/mol. The highest BCUT2D eigenvalue weighted by atomic mass is 32.1. The number of aryl methyl sites for hydroxylation is 1. The minimum absolute atomic E-state index is 0.0204. The molecule has 5 rings (SSSR count). The van der Waals surface area contributed by atoms with Gasteiger partial charge in [-0.2, -0.15) is 5.10 Å². The summed E-state index contributed by atoms with van der Waals surface area (Å²) in [5.41, 5.74) is 1.55. The largest absolute Gasteiger partial charge is 0.338 e. The Bertz CT molecular complexity index is 1080. The van der Waals surface area contributed by atoms with Gasteiger partial charge in [-0.05, 0) is 35.9 Å². The van der Waals surface area contributed by atoms with Crippen LogP contribution in [0.2, 0.25) is 0 Å². The van der Waals surface area contributed by atoms with Crippen LogP contribution in [0.25, 0.3) is 0 Å². The van der Waals surface area contributed by atoms with Gasteiger partial charge in [-0.1, -0.05) is 36.4 Å². The first-order valence-electron chi connectivity index (χ1n) is 10.7. The molecule has 2 amide bonds. The van der Waals surface area contributed by atoms with Crippen molar-refractivity contribution in [3.05, 3.63) is 76.2 Å². The first-order valence-corrected chi connectivity index (χ1v) is 11.6. The SMILES string of the molecule is Cn1nccc1[C@@H]1CN(C(=O)c2cccs2)C[C@]12CCCN(Cc1ccccc1)C2=O. The second kappa shape index (κ2) is 7.96. The van der Waals surface area contributed by atoms with Crippen LogP contribution in [0, 0.1) is 5.41 Å². The van der Waals surface area contributed by atoms with E-state index in [0.717, 1.165) is 35.5 Å². The van der Waals surface area contributed by atoms with Gasteiger partial charge in [0.2, 0.25) is 5.91 Å². The van der Waals surface area contributed by atoms with E-state index in [2.05, 4.69) is 17.2 Å². The summed E-state index contributed by atoms with van der Waals surface area (Å²) in [6, 6.07) is 15.9. The van der Waals surface area contributed by atoms with Crippen molar-refractivity contribution < 1.29 is 9.59 Å². The fraction of sp³-hybridized carbons (Fsp3) is 0.375. The number of nitrogens with zero attached hydrogens (tertiary/aromatic N) is 4. The number of hydrogen-bond donors (Lipinski definition) is 0. The minimum Gasteiger partial charge on any atom is -0.338 e. The van der Waals surface area contributed by atoms with E-state index in [0.29, 0.717) is 19.6 Å². The lowest BCUT2D eigenvalue weighted by atomic mass is 9.70. The summed E-state index contributed by atoms with van der Waals surface area (Å²) in [7, 11) is 1.92. The zero-order valence-electron chi connectivity index (χ0n) is 17.6. The maximum absolute atomic E-state index is 14.0. The molecule has 0 unspecified atom stereocenters. The van der Waals surface area contributed by atoms with E-state index >= 15 is 0 Å². The van der Waals surface area contributed by atoms with Crippen molar-refractivity contribution >= 4 is 23.2 Å². The van der Waals surface area contributed by atoms with Crippen LogP contribution < -0.4 is 0 Å². The first kappa shape index (κ1) is 20.0. The molecule has 2 aliphatic rings. The van der Waals surface area contributed by atoms with Crippen LogP contribution in [-0.2, 0) is 18.4 Å². The molecular formula is C24H26N4O2S. The molecule has 0 aliphatic carbocycles. The van der Waals surface area contributed by atoms with E-state index in [4.69, 9.17) is 0 Å². The highest BCUT2D eigenvalue weighted by molar-refractivity contribution is 7.12. The van der Waals surface area contributed by atoms with Crippen LogP contribution >= 0.6 is 11.3 Å². The molecule has 2 aliphatic heterocycles. The molecule has 160 valence electrons. The molecule has 1 aromatic carbocycles. The molecule has 7 heteroatoms. The Hall–Kier alpha value is -2.93. The van der Waals surface area contributed by atoms with Crippen molar-refractivity contribution in [1.29, 1.82) is 0 Å². The zero-order chi connectivity index (χ0) is 21.4. The summed E-state index contributed by atoms with van der Waals surface area (Å²) < 4.78 is 1.86. The maximum atomic E-state index is 14.0. The molecule has 2 fully saturated rings. The van der Waals surface area contributed by atoms with Gasteiger partial charge in [-0.3, -0.25) is 14.3 Å². The van der Waals surface area contributed by atoms with Crippen molar-refractivity contribution in [3.63, 3.8) is 0 Å². The number of rotatable bonds is 4. The number of carbonyl (C=O) groups is 2. The molecule has 0 radical (unpaired) electrons. The van der Waals surface area contributed by atoms with Gasteiger partial charge in [-0.25, -0.2) is 0 Å². The quantitative estimate of drug-likeness (QED) is 0.631. The van der Waals surface area contributed by atoms with E-state index in [9.17, 15) is 9.59 Å². The minimum atomic E-state index is -0.603. The van der Waals surface area contributed by atoms with E-state index in [1.807, 2.05) is 63.3 Å². The maximum Gasteiger partial charge on any atom is 0.263 e. The van der Waals surface area contributed by atoms with Crippen molar-refractivity contribution in [3.8, 4) is 0 Å². The van der Waals surface area contributed by atoms with Gasteiger partial charge in [0.25, 0.3) is 5.91 Å². The van der Waals surface area contributed by atoms with E-state index in [1.54, 1.807) is 6.20 Å². The van der Waals surface area contributed by atoms with Crippen molar-refractivity contribution in [2.75, 3.05) is 19.6 Å². The summed E-state index contributed by atoms with van der Waals surface area (Å²) in [5.74, 6) is 0.122. The monoisotopic (exact) mass is 434 g/mol. The summed E-state index contributed by atoms with van der Waals surface area (Å²) in [4.78, 5) is 31.8. The number of aromatic nitrogens is 2. The van der Waals surface area contributed by atoms with Crippen LogP contribution in [0.1, 0.15) is 39.7 Å². The third kappa shape index (κ3) is 3.47. The molecule has 2 atom stereocenters. The van der Waals surface area contributed by atoms with Gasteiger partial charge < -0.3 is 9.80 Å². The van der Waals surface area contributed by atoms with Crippen LogP contribution in [0.4, 0.5) is 0 Å². The Kier molecular flexibility index (Phi) is 5.14. The van der Waals surface area contributed by atoms with Crippen LogP contribution in [0.5, 0.6) is 0 Å². The summed E-state index contributed by atoms with van der Waals surface area (Å²) in [5, 5.41) is 6.28. The molecule has 6 nitrogen and oxygen atoms in total. The summed E-state index contributed by atoms with van der Waals surface area (Å²) in [6.45, 7) is 2.37. The molecule has 31 heavy (non-hydrogen) atoms. The van der Waals surface area contributed by atoms with Crippen LogP contribution in [0.3, 0.4) is 0 Å². The fourth-order valence-corrected chi connectivity index (χ4v) is 5.95. The van der Waals surface area contributed by atoms with Gasteiger partial charge in [0.1, 0.15) is 0 Å². The zero-order valence-corrected chi connectivity index (χ0v) is 18.4. The smallest absolute Gasteiger partial charge is 0.263 e. The fourth-order valence-electron chi connectivity index (χ4n) is 5.26. The Balaban J connectivity index is 1.49. The van der Waals surface area contributed by atoms with Crippen molar-refractivity contribution in [2.45, 2.75) is 25.3 Å². The second-order valence-corrected chi connectivity index (χ2v) is 9.51. The number of carbonyl (C=O) groups excluding carboxylic acids is 2. The van der Waals surface area contributed by atoms with E-state index in [-0.39, 0.29) is 17.7 Å². The molecule has 4 heterocycles. The Morgan fingerprint density at radius 2 is 2.03 bits per heavy atom. The number of amides is 2. The van der Waals surface area contributed by atoms with Gasteiger partial charge in [0.05, 0.1) is 10.3 Å². The lowest BCUT2D eigenvalue weighted by Gasteiger charge is -2.42. The molecule has 3 aromatic rings. The number of piperidine rings is 1. The first-order chi connectivity index (χ1) is 15.1. The second-order valence-electron chi connectivity index (χ2n) is 8.57. The molecule has 0 N–H and O–H groups in total. The van der Waals surface area contributed by atoms with Crippen LogP contribution in [0.15, 0.2) is 60.1 Å². The highest BCUT2D eigenvalue weighted by Crippen LogP contribution is 2.49. The Morgan fingerprint density at radius 1 is 1.19 bits per heavy atom. The number of likely N-dealkylation sites (tertiary alicyclic amines) is 2. The van der Waals surface area contributed by atoms with Gasteiger partial charge in [0, 0.05) is 51.0 Å². The van der Waals surface area contributed by atoms with Crippen molar-refractivity contribution in [2.24, 2.45) is 12.5 Å². The standard InChI is InChI=1S/C24H26N4O2S/c1-26-20(10-12-25-26)19-16-28(22(29)21-9-5-14-31-21)17-24(19)11-6-13-27(23(24)30)15-18-7-3-2-4-8-18/h2-5,7-10,12,14,19H,6,11,13,15-17H2,1H3/t19-,24+/m0/s1. The van der Waals surface area contributed by atoms with E-state index in [1.165, 1.54) is 11.3 Å². The predicted molar refractivity (Wildman–Crippen MR) is 120 cm³/mol. The van der Waals surface area contributed by atoms with Gasteiger partial charge in [0.15, 0.2) is 0 Å². The Labute approximate surface area is 186 Å². The molecule has 2 aromatic heterocycles. The third-order valence-corrected chi connectivity index (χ3v) is 7.62. The Morgan fingerprint density at radius 3 is 2.74 bits per heavy atom. The van der Waals surface area contributed by atoms with E-state index < -0.39 is 5.41 Å². The van der Waals surface area contributed by atoms with Gasteiger partial charge in [-0.15, -0.1) is 11.3 Å². The molecule has 1 spiro atoms. The lowest BCUT2D eigenvalue weighted by molar-refractivity contribution is -0.147. The highest BCUT2D eigenvalue weighted by Gasteiger charge is 2.57. The number of benzene rings is 1. The third-order valence-electron chi connectivity index (χ3n) is 6.76. The van der Waals surface area contributed by atoms with Crippen LogP contribution in [-0.4, -0.2) is 51.0 Å². The summed E-state index contributed by atoms with van der Waals surface area (Å²) in [6.07, 6.45) is 3.51. The average molecular weight is 435 g/mol. The van der Waals surface area contributed by atoms with Gasteiger partial charge >= 0.3 is 0 Å². The lowest BCUT2D eigenvalue weighted by Crippen LogP contribution is -2.52. The predicted octanol–water partition coefficient (Wildman–Crippen LogP) is 3.53. The molecule has 0 bridgehead atoms. The average Bonchev–Trinajstić information content (AvgIpc) is 3.52. The summed E-state index contributed by atoms with van der Waals surface area (Å²) >= 11 is 1.45. The number of thiophene rings is 1. The molecule has 0 saturated carbocycles. The normalized spacial score (nSPS) is 23.6. The number of hydrogen-bond acceptors (Lipinski definition) is 4.